The topological polar surface area (TPSA) is 106 Å². The molecule has 0 atom stereocenters. The third-order valence-corrected chi connectivity index (χ3v) is 11.1. The summed E-state index contributed by atoms with van der Waals surface area (Å²) in [6, 6.07) is 20.3. The lowest BCUT2D eigenvalue weighted by Crippen LogP contribution is -2.37. The lowest BCUT2D eigenvalue weighted by Gasteiger charge is -2.26. The molecule has 0 spiro atoms. The Balaban J connectivity index is 1.13. The summed E-state index contributed by atoms with van der Waals surface area (Å²) in [6.07, 6.45) is 13.3. The van der Waals surface area contributed by atoms with Gasteiger partial charge in [0.25, 0.3) is 0 Å². The molecule has 2 saturated carbocycles. The second-order valence-corrected chi connectivity index (χ2v) is 14.7. The molecular formula is C40H45N3O6S. The van der Waals surface area contributed by atoms with Crippen molar-refractivity contribution in [1.82, 2.24) is 15.7 Å². The number of hydroxylamine groups is 2. The summed E-state index contributed by atoms with van der Waals surface area (Å²) in [4.78, 5) is 46.4. The number of ether oxygens (including phenoxy) is 2. The fourth-order valence-electron chi connectivity index (χ4n) is 7.26. The van der Waals surface area contributed by atoms with Gasteiger partial charge in [-0.15, -0.1) is 16.4 Å². The lowest BCUT2D eigenvalue weighted by atomic mass is 9.96. The van der Waals surface area contributed by atoms with Gasteiger partial charge < -0.3 is 24.9 Å². The van der Waals surface area contributed by atoms with Crippen molar-refractivity contribution in [2.24, 2.45) is 0 Å². The second kappa shape index (κ2) is 16.1. The van der Waals surface area contributed by atoms with Crippen LogP contribution in [0.5, 0.6) is 17.2 Å². The molecular weight excluding hydrogens is 651 g/mol. The largest absolute Gasteiger partial charge is 0.412 e. The standard InChI is InChI=1S/C40H45N3O6S/c44-37(27-14-20-32(21-15-27)49-43-24-8-3-9-25-43)36-34-23-22-33(48-40(46)42-30-12-6-2-7-13-30)26-35(34)50-38(36)28-16-18-31(19-17-28)47-39(45)41-29-10-4-1-5-11-29/h14-23,26,29-30H,1-13,24-25H2,(H,41,45)(H,42,46). The minimum absolute atomic E-state index is 0.119. The Labute approximate surface area is 297 Å². The van der Waals surface area contributed by atoms with Crippen LogP contribution in [0.25, 0.3) is 20.5 Å². The van der Waals surface area contributed by atoms with Gasteiger partial charge >= 0.3 is 12.2 Å². The SMILES string of the molecule is O=C(NC1CCCCC1)Oc1ccc(-c2sc3cc(OC(=O)NC4CCCCC4)ccc3c2C(=O)c2ccc(ON3CCCCC3)cc2)cc1. The molecule has 2 N–H and O–H groups in total. The van der Waals surface area contributed by atoms with Crippen LogP contribution < -0.4 is 24.9 Å². The van der Waals surface area contributed by atoms with Crippen LogP contribution in [0.3, 0.4) is 0 Å². The van der Waals surface area contributed by atoms with E-state index in [1.807, 2.05) is 53.6 Å². The van der Waals surface area contributed by atoms with Crippen molar-refractivity contribution in [3.63, 3.8) is 0 Å². The Morgan fingerprint density at radius 1 is 0.620 bits per heavy atom. The second-order valence-electron chi connectivity index (χ2n) is 13.7. The molecule has 0 bridgehead atoms. The highest BCUT2D eigenvalue weighted by Crippen LogP contribution is 2.42. The maximum atomic E-state index is 14.3. The molecule has 3 fully saturated rings. The molecule has 2 aliphatic carbocycles. The first-order valence-electron chi connectivity index (χ1n) is 18.2. The monoisotopic (exact) mass is 695 g/mol. The smallest absolute Gasteiger partial charge is 0.410 e. The maximum Gasteiger partial charge on any atom is 0.412 e. The Kier molecular flexibility index (Phi) is 11.0. The number of ketones is 1. The van der Waals surface area contributed by atoms with Gasteiger partial charge in [0.15, 0.2) is 5.78 Å². The first-order chi connectivity index (χ1) is 24.5. The van der Waals surface area contributed by atoms with Gasteiger partial charge in [0, 0.05) is 51.3 Å². The van der Waals surface area contributed by atoms with Gasteiger partial charge in [0.05, 0.1) is 0 Å². The number of hydrogen-bond donors (Lipinski definition) is 2. The highest BCUT2D eigenvalue weighted by molar-refractivity contribution is 7.22. The van der Waals surface area contributed by atoms with E-state index in [2.05, 4.69) is 10.6 Å². The van der Waals surface area contributed by atoms with Gasteiger partial charge in [-0.25, -0.2) is 9.59 Å². The number of thiophene rings is 1. The van der Waals surface area contributed by atoms with Gasteiger partial charge in [-0.05, 0) is 111 Å². The number of nitrogens with one attached hydrogen (secondary N) is 2. The van der Waals surface area contributed by atoms with Crippen molar-refractivity contribution in [2.75, 3.05) is 13.1 Å². The maximum absolute atomic E-state index is 14.3. The van der Waals surface area contributed by atoms with Crippen LogP contribution in [0.15, 0.2) is 66.7 Å². The van der Waals surface area contributed by atoms with E-state index in [9.17, 15) is 14.4 Å². The van der Waals surface area contributed by atoms with Crippen molar-refractivity contribution in [2.45, 2.75) is 95.6 Å². The lowest BCUT2D eigenvalue weighted by molar-refractivity contribution is -0.0720. The molecule has 0 radical (unpaired) electrons. The summed E-state index contributed by atoms with van der Waals surface area (Å²) in [6.45, 7) is 1.79. The third kappa shape index (κ3) is 8.47. The number of amides is 2. The van der Waals surface area contributed by atoms with Crippen LogP contribution in [0.4, 0.5) is 9.59 Å². The molecule has 0 unspecified atom stereocenters. The average molecular weight is 696 g/mol. The van der Waals surface area contributed by atoms with E-state index in [4.69, 9.17) is 14.3 Å². The van der Waals surface area contributed by atoms with Crippen LogP contribution in [-0.2, 0) is 0 Å². The van der Waals surface area contributed by atoms with Crippen molar-refractivity contribution in [3.05, 3.63) is 77.9 Å². The van der Waals surface area contributed by atoms with Gasteiger partial charge in [-0.2, -0.15) is 0 Å². The van der Waals surface area contributed by atoms with E-state index in [-0.39, 0.29) is 17.9 Å². The minimum atomic E-state index is -0.459. The molecule has 2 amide bonds. The zero-order valence-corrected chi connectivity index (χ0v) is 29.2. The third-order valence-electron chi connectivity index (χ3n) is 9.95. The van der Waals surface area contributed by atoms with Crippen molar-refractivity contribution >= 4 is 39.4 Å². The molecule has 3 aromatic carbocycles. The molecule has 10 heteroatoms. The number of rotatable bonds is 9. The van der Waals surface area contributed by atoms with Crippen molar-refractivity contribution in [1.29, 1.82) is 0 Å². The molecule has 262 valence electrons. The quantitative estimate of drug-likeness (QED) is 0.168. The van der Waals surface area contributed by atoms with E-state index in [0.29, 0.717) is 28.4 Å². The Morgan fingerprint density at radius 2 is 1.16 bits per heavy atom. The molecule has 1 aliphatic heterocycles. The van der Waals surface area contributed by atoms with Crippen molar-refractivity contribution in [3.8, 4) is 27.7 Å². The van der Waals surface area contributed by atoms with E-state index >= 15 is 0 Å². The number of hydrogen-bond acceptors (Lipinski definition) is 8. The number of carbonyl (C=O) groups excluding carboxylic acids is 3. The highest BCUT2D eigenvalue weighted by atomic mass is 32.1. The summed E-state index contributed by atoms with van der Waals surface area (Å²) >= 11 is 1.46. The number of carbonyl (C=O) groups is 3. The Hall–Kier alpha value is -4.41. The van der Waals surface area contributed by atoms with Gasteiger partial charge in [0.2, 0.25) is 0 Å². The van der Waals surface area contributed by atoms with Crippen LogP contribution in [0.2, 0.25) is 0 Å². The Bertz CT molecular complexity index is 1790. The fourth-order valence-corrected chi connectivity index (χ4v) is 8.49. The molecule has 2 heterocycles. The highest BCUT2D eigenvalue weighted by Gasteiger charge is 2.24. The van der Waals surface area contributed by atoms with Crippen LogP contribution in [0.1, 0.15) is 99.4 Å². The van der Waals surface area contributed by atoms with E-state index in [1.54, 1.807) is 18.2 Å². The van der Waals surface area contributed by atoms with Crippen LogP contribution in [-0.4, -0.2) is 48.2 Å². The summed E-state index contributed by atoms with van der Waals surface area (Å²) in [7, 11) is 0. The predicted molar refractivity (Wildman–Crippen MR) is 195 cm³/mol. The first-order valence-corrected chi connectivity index (χ1v) is 19.0. The number of benzene rings is 3. The first kappa shape index (κ1) is 34.1. The number of fused-ring (bicyclic) bond motifs is 1. The normalized spacial score (nSPS) is 17.6. The van der Waals surface area contributed by atoms with E-state index in [1.165, 1.54) is 30.6 Å². The molecule has 9 nitrogen and oxygen atoms in total. The average Bonchev–Trinajstić information content (AvgIpc) is 3.52. The fraction of sp³-hybridized carbons (Fsp3) is 0.425. The van der Waals surface area contributed by atoms with Crippen molar-refractivity contribution < 1.29 is 28.7 Å². The summed E-state index contributed by atoms with van der Waals surface area (Å²) in [5.41, 5.74) is 1.93. The Morgan fingerprint density at radius 3 is 1.78 bits per heavy atom. The summed E-state index contributed by atoms with van der Waals surface area (Å²) < 4.78 is 12.1. The molecule has 1 aromatic heterocycles. The molecule has 50 heavy (non-hydrogen) atoms. The predicted octanol–water partition coefficient (Wildman–Crippen LogP) is 9.42. The zero-order chi connectivity index (χ0) is 34.3. The van der Waals surface area contributed by atoms with Gasteiger partial charge in [-0.1, -0.05) is 44.9 Å². The van der Waals surface area contributed by atoms with E-state index in [0.717, 1.165) is 97.8 Å². The molecule has 4 aromatic rings. The summed E-state index contributed by atoms with van der Waals surface area (Å²) in [5.74, 6) is 1.44. The zero-order valence-electron chi connectivity index (χ0n) is 28.4. The van der Waals surface area contributed by atoms with Crippen LogP contribution in [0, 0.1) is 0 Å². The van der Waals surface area contributed by atoms with Gasteiger partial charge in [-0.3, -0.25) is 4.79 Å². The van der Waals surface area contributed by atoms with Crippen LogP contribution >= 0.6 is 11.3 Å². The van der Waals surface area contributed by atoms with E-state index < -0.39 is 12.2 Å². The molecule has 1 saturated heterocycles. The molecule has 7 rings (SSSR count). The summed E-state index contributed by atoms with van der Waals surface area (Å²) in [5, 5.41) is 8.74. The molecule has 3 aliphatic rings. The number of piperidine rings is 1. The minimum Gasteiger partial charge on any atom is -0.410 e. The number of nitrogens with zero attached hydrogens (tertiary/aromatic N) is 1. The van der Waals surface area contributed by atoms with Gasteiger partial charge in [0.1, 0.15) is 17.2 Å².